The molecule has 2 aromatic heterocycles. The molecule has 2 heterocycles. The molecule has 0 unspecified atom stereocenters. The van der Waals surface area contributed by atoms with Crippen molar-refractivity contribution in [1.82, 2.24) is 9.97 Å². The van der Waals surface area contributed by atoms with E-state index in [2.05, 4.69) is 14.7 Å². The summed E-state index contributed by atoms with van der Waals surface area (Å²) in [6.45, 7) is 4.00. The first-order chi connectivity index (χ1) is 13.0. The van der Waals surface area contributed by atoms with Gasteiger partial charge in [0.05, 0.1) is 7.11 Å². The highest BCUT2D eigenvalue weighted by molar-refractivity contribution is 8.00. The molecule has 2 N–H and O–H groups in total. The average molecular weight is 395 g/mol. The Balaban J connectivity index is 0.00000126. The van der Waals surface area contributed by atoms with Gasteiger partial charge in [-0.3, -0.25) is 0 Å². The highest BCUT2D eigenvalue weighted by Crippen LogP contribution is 2.34. The summed E-state index contributed by atoms with van der Waals surface area (Å²) >= 11 is 1.25. The van der Waals surface area contributed by atoms with Gasteiger partial charge in [0, 0.05) is 16.8 Å². The molecule has 1 aromatic carbocycles. The van der Waals surface area contributed by atoms with Gasteiger partial charge in [0.2, 0.25) is 5.88 Å². The van der Waals surface area contributed by atoms with Gasteiger partial charge in [-0.1, -0.05) is 44.2 Å². The summed E-state index contributed by atoms with van der Waals surface area (Å²) in [6.07, 6.45) is -2.70. The van der Waals surface area contributed by atoms with Crippen LogP contribution in [0.5, 0.6) is 5.88 Å². The van der Waals surface area contributed by atoms with Gasteiger partial charge in [0.25, 0.3) is 0 Å². The predicted molar refractivity (Wildman–Crippen MR) is 103 cm³/mol. The summed E-state index contributed by atoms with van der Waals surface area (Å²) in [6, 6.07) is 13.9. The van der Waals surface area contributed by atoms with Crippen molar-refractivity contribution in [2.45, 2.75) is 24.9 Å². The van der Waals surface area contributed by atoms with Crippen LogP contribution in [0.3, 0.4) is 0 Å². The lowest BCUT2D eigenvalue weighted by molar-refractivity contribution is -0.141. The van der Waals surface area contributed by atoms with E-state index in [4.69, 9.17) is 4.74 Å². The Morgan fingerprint density at radius 3 is 2.41 bits per heavy atom. The summed E-state index contributed by atoms with van der Waals surface area (Å²) in [5.41, 5.74) is 1.36. The zero-order valence-corrected chi connectivity index (χ0v) is 15.9. The van der Waals surface area contributed by atoms with Crippen molar-refractivity contribution in [2.24, 2.45) is 0 Å². The second-order valence-corrected chi connectivity index (χ2v) is 5.95. The maximum absolute atomic E-state index is 12.7. The third-order valence-corrected chi connectivity index (χ3v) is 4.16. The number of aromatic amines is 1. The molecule has 0 aliphatic heterocycles. The minimum atomic E-state index is -4.51. The molecule has 3 rings (SSSR count). The SMILES string of the molecule is CC.COc1nc(C(F)(F)F)ccc1NSc1c[nH]c(-c2ccccc2)c1. The van der Waals surface area contributed by atoms with Crippen LogP contribution < -0.4 is 9.46 Å². The summed E-state index contributed by atoms with van der Waals surface area (Å²) in [5.74, 6) is -0.110. The molecule has 0 bridgehead atoms. The predicted octanol–water partition coefficient (Wildman–Crippen LogP) is 6.25. The fourth-order valence-corrected chi connectivity index (χ4v) is 2.84. The Labute approximate surface area is 160 Å². The van der Waals surface area contributed by atoms with Gasteiger partial charge in [-0.05, 0) is 35.7 Å². The van der Waals surface area contributed by atoms with Gasteiger partial charge >= 0.3 is 6.18 Å². The van der Waals surface area contributed by atoms with E-state index < -0.39 is 11.9 Å². The number of H-pyrrole nitrogens is 1. The summed E-state index contributed by atoms with van der Waals surface area (Å²) in [4.78, 5) is 7.53. The Morgan fingerprint density at radius 2 is 1.78 bits per heavy atom. The maximum Gasteiger partial charge on any atom is 0.433 e. The molecule has 0 spiro atoms. The lowest BCUT2D eigenvalue weighted by Gasteiger charge is -2.12. The molecule has 27 heavy (non-hydrogen) atoms. The number of ether oxygens (including phenoxy) is 1. The number of aromatic nitrogens is 2. The lowest BCUT2D eigenvalue weighted by atomic mass is 10.2. The van der Waals surface area contributed by atoms with E-state index in [1.807, 2.05) is 56.4 Å². The molecule has 144 valence electrons. The van der Waals surface area contributed by atoms with Gasteiger partial charge < -0.3 is 14.4 Å². The Hall–Kier alpha value is -2.61. The summed E-state index contributed by atoms with van der Waals surface area (Å²) in [5, 5.41) is 0. The highest BCUT2D eigenvalue weighted by Gasteiger charge is 2.33. The first-order valence-electron chi connectivity index (χ1n) is 8.26. The van der Waals surface area contributed by atoms with E-state index in [-0.39, 0.29) is 5.88 Å². The number of hydrogen-bond acceptors (Lipinski definition) is 4. The van der Waals surface area contributed by atoms with Gasteiger partial charge in [0.1, 0.15) is 11.4 Å². The molecule has 0 saturated heterocycles. The number of nitrogens with zero attached hydrogens (tertiary/aromatic N) is 1. The first-order valence-corrected chi connectivity index (χ1v) is 9.08. The van der Waals surface area contributed by atoms with Crippen LogP contribution >= 0.6 is 11.9 Å². The van der Waals surface area contributed by atoms with Gasteiger partial charge in [0.15, 0.2) is 0 Å². The topological polar surface area (TPSA) is 49.9 Å². The smallest absolute Gasteiger partial charge is 0.433 e. The Bertz CT molecular complexity index is 851. The summed E-state index contributed by atoms with van der Waals surface area (Å²) in [7, 11) is 1.28. The third-order valence-electron chi connectivity index (χ3n) is 3.36. The zero-order chi connectivity index (χ0) is 19.9. The van der Waals surface area contributed by atoms with E-state index in [0.29, 0.717) is 5.69 Å². The molecule has 8 heteroatoms. The molecule has 0 radical (unpaired) electrons. The fraction of sp³-hybridized carbons (Fsp3) is 0.211. The van der Waals surface area contributed by atoms with Crippen LogP contribution in [0.25, 0.3) is 11.3 Å². The minimum Gasteiger partial charge on any atom is -0.479 e. The molecule has 4 nitrogen and oxygen atoms in total. The number of hydrogen-bond donors (Lipinski definition) is 2. The monoisotopic (exact) mass is 395 g/mol. The lowest BCUT2D eigenvalue weighted by Crippen LogP contribution is -2.09. The number of anilines is 1. The van der Waals surface area contributed by atoms with Crippen LogP contribution in [0.1, 0.15) is 19.5 Å². The van der Waals surface area contributed by atoms with E-state index in [0.717, 1.165) is 22.2 Å². The molecule has 0 saturated carbocycles. The maximum atomic E-state index is 12.7. The first kappa shape index (κ1) is 20.7. The average Bonchev–Trinajstić information content (AvgIpc) is 3.17. The Morgan fingerprint density at radius 1 is 1.07 bits per heavy atom. The van der Waals surface area contributed by atoms with Gasteiger partial charge in [-0.2, -0.15) is 13.2 Å². The van der Waals surface area contributed by atoms with Crippen LogP contribution in [0.4, 0.5) is 18.9 Å². The van der Waals surface area contributed by atoms with Crippen molar-refractivity contribution in [3.05, 3.63) is 60.4 Å². The standard InChI is InChI=1S/C17H14F3N3OS.C2H6/c1-24-16-13(7-8-15(22-16)17(18,19)20)23-25-12-9-14(21-10-12)11-5-3-2-4-6-11;1-2/h2-10,21,23H,1H3;1-2H3. The molecule has 0 amide bonds. The number of methoxy groups -OCH3 is 1. The Kier molecular flexibility index (Phi) is 7.18. The number of nitrogens with one attached hydrogen (secondary N) is 2. The third kappa shape index (κ3) is 5.43. The van der Waals surface area contributed by atoms with Crippen molar-refractivity contribution < 1.29 is 17.9 Å². The second kappa shape index (κ2) is 9.36. The van der Waals surface area contributed by atoms with Crippen molar-refractivity contribution in [3.63, 3.8) is 0 Å². The van der Waals surface area contributed by atoms with Crippen molar-refractivity contribution >= 4 is 17.6 Å². The van der Waals surface area contributed by atoms with Crippen LogP contribution in [0.15, 0.2) is 59.6 Å². The van der Waals surface area contributed by atoms with Crippen molar-refractivity contribution in [1.29, 1.82) is 0 Å². The number of alkyl halides is 3. The second-order valence-electron chi connectivity index (χ2n) is 5.07. The normalized spacial score (nSPS) is 10.7. The van der Waals surface area contributed by atoms with Crippen molar-refractivity contribution in [3.8, 4) is 17.1 Å². The molecule has 0 aliphatic rings. The van der Waals surface area contributed by atoms with Crippen molar-refractivity contribution in [2.75, 3.05) is 11.8 Å². The van der Waals surface area contributed by atoms with Gasteiger partial charge in [-0.15, -0.1) is 0 Å². The molecule has 0 aliphatic carbocycles. The molecule has 3 aromatic rings. The van der Waals surface area contributed by atoms with E-state index in [1.54, 1.807) is 0 Å². The highest BCUT2D eigenvalue weighted by atomic mass is 32.2. The van der Waals surface area contributed by atoms with Crippen LogP contribution in [0.2, 0.25) is 0 Å². The minimum absolute atomic E-state index is 0.110. The fourth-order valence-electron chi connectivity index (χ4n) is 2.16. The van der Waals surface area contributed by atoms with Crippen LogP contribution in [-0.4, -0.2) is 17.1 Å². The van der Waals surface area contributed by atoms with Gasteiger partial charge in [-0.25, -0.2) is 4.98 Å². The van der Waals surface area contributed by atoms with Crippen LogP contribution in [0, 0.1) is 0 Å². The van der Waals surface area contributed by atoms with E-state index >= 15 is 0 Å². The summed E-state index contributed by atoms with van der Waals surface area (Å²) < 4.78 is 46.0. The zero-order valence-electron chi connectivity index (χ0n) is 15.1. The number of pyridine rings is 1. The van der Waals surface area contributed by atoms with E-state index in [9.17, 15) is 13.2 Å². The number of rotatable bonds is 5. The molecular weight excluding hydrogens is 375 g/mol. The molecule has 0 atom stereocenters. The molecular formula is C19H20F3N3OS. The van der Waals surface area contributed by atoms with Crippen LogP contribution in [-0.2, 0) is 6.18 Å². The quantitative estimate of drug-likeness (QED) is 0.502. The van der Waals surface area contributed by atoms with E-state index in [1.165, 1.54) is 25.1 Å². The number of benzene rings is 1. The largest absolute Gasteiger partial charge is 0.479 e. The molecule has 0 fully saturated rings. The number of halogens is 3.